The van der Waals surface area contributed by atoms with Gasteiger partial charge in [-0.25, -0.2) is 0 Å². The molecule has 1 aliphatic carbocycles. The molecule has 2 N–H and O–H groups in total. The minimum atomic E-state index is -0.329. The SMILES string of the molecule is Oc1cccc(CC(O)C2(N3CCCC3)CCCC2)c1. The summed E-state index contributed by atoms with van der Waals surface area (Å²) in [5.41, 5.74) is 1.02. The van der Waals surface area contributed by atoms with Gasteiger partial charge in [-0.15, -0.1) is 0 Å². The van der Waals surface area contributed by atoms with Crippen molar-refractivity contribution in [3.05, 3.63) is 29.8 Å². The maximum atomic E-state index is 10.9. The summed E-state index contributed by atoms with van der Waals surface area (Å²) in [5.74, 6) is 0.288. The molecule has 3 nitrogen and oxygen atoms in total. The number of phenols is 1. The van der Waals surface area contributed by atoms with E-state index in [4.69, 9.17) is 0 Å². The van der Waals surface area contributed by atoms with E-state index in [0.29, 0.717) is 6.42 Å². The van der Waals surface area contributed by atoms with Gasteiger partial charge >= 0.3 is 0 Å². The van der Waals surface area contributed by atoms with Crippen molar-refractivity contribution in [2.75, 3.05) is 13.1 Å². The molecule has 1 heterocycles. The molecule has 1 saturated heterocycles. The lowest BCUT2D eigenvalue weighted by molar-refractivity contribution is -0.0172. The summed E-state index contributed by atoms with van der Waals surface area (Å²) < 4.78 is 0. The van der Waals surface area contributed by atoms with Crippen molar-refractivity contribution in [3.8, 4) is 5.75 Å². The molecule has 2 aliphatic rings. The molecule has 0 radical (unpaired) electrons. The van der Waals surface area contributed by atoms with Crippen LogP contribution in [-0.4, -0.2) is 39.8 Å². The van der Waals surface area contributed by atoms with E-state index < -0.39 is 0 Å². The number of aliphatic hydroxyl groups excluding tert-OH is 1. The first-order valence-electron chi connectivity index (χ1n) is 7.92. The highest BCUT2D eigenvalue weighted by Gasteiger charge is 2.45. The second kappa shape index (κ2) is 5.74. The van der Waals surface area contributed by atoms with Gasteiger partial charge in [0.05, 0.1) is 6.10 Å². The molecule has 1 aromatic rings. The quantitative estimate of drug-likeness (QED) is 0.888. The molecular formula is C17H25NO2. The first-order valence-corrected chi connectivity index (χ1v) is 7.92. The maximum Gasteiger partial charge on any atom is 0.115 e. The van der Waals surface area contributed by atoms with Crippen LogP contribution >= 0.6 is 0 Å². The molecule has 1 atom stereocenters. The van der Waals surface area contributed by atoms with Crippen molar-refractivity contribution in [2.45, 2.75) is 56.6 Å². The molecule has 0 aromatic heterocycles. The minimum absolute atomic E-state index is 0.0119. The van der Waals surface area contributed by atoms with Crippen molar-refractivity contribution < 1.29 is 10.2 Å². The van der Waals surface area contributed by atoms with Crippen LogP contribution in [0.25, 0.3) is 0 Å². The van der Waals surface area contributed by atoms with Crippen molar-refractivity contribution in [1.29, 1.82) is 0 Å². The number of hydrogen-bond donors (Lipinski definition) is 2. The Morgan fingerprint density at radius 2 is 1.80 bits per heavy atom. The van der Waals surface area contributed by atoms with E-state index in [9.17, 15) is 10.2 Å². The molecular weight excluding hydrogens is 250 g/mol. The van der Waals surface area contributed by atoms with Crippen molar-refractivity contribution in [3.63, 3.8) is 0 Å². The summed E-state index contributed by atoms with van der Waals surface area (Å²) in [6.45, 7) is 2.27. The number of hydrogen-bond acceptors (Lipinski definition) is 3. The van der Waals surface area contributed by atoms with Crippen molar-refractivity contribution in [2.24, 2.45) is 0 Å². The monoisotopic (exact) mass is 275 g/mol. The van der Waals surface area contributed by atoms with Gasteiger partial charge in [0, 0.05) is 12.0 Å². The Labute approximate surface area is 121 Å². The summed E-state index contributed by atoms with van der Waals surface area (Å²) in [4.78, 5) is 2.54. The topological polar surface area (TPSA) is 43.7 Å². The fourth-order valence-corrected chi connectivity index (χ4v) is 4.11. The molecule has 0 amide bonds. The molecule has 20 heavy (non-hydrogen) atoms. The molecule has 1 saturated carbocycles. The molecule has 1 unspecified atom stereocenters. The number of rotatable bonds is 4. The van der Waals surface area contributed by atoms with Gasteiger partial charge < -0.3 is 10.2 Å². The third-order valence-electron chi connectivity index (χ3n) is 5.17. The lowest BCUT2D eigenvalue weighted by atomic mass is 9.85. The zero-order valence-corrected chi connectivity index (χ0v) is 12.1. The lowest BCUT2D eigenvalue weighted by Gasteiger charge is -2.42. The normalized spacial score (nSPS) is 24.1. The Kier molecular flexibility index (Phi) is 3.99. The number of likely N-dealkylation sites (tertiary alicyclic amines) is 1. The second-order valence-electron chi connectivity index (χ2n) is 6.39. The first kappa shape index (κ1) is 13.9. The smallest absolute Gasteiger partial charge is 0.115 e. The molecule has 0 bridgehead atoms. The van der Waals surface area contributed by atoms with Gasteiger partial charge in [-0.2, -0.15) is 0 Å². The van der Waals surface area contributed by atoms with Gasteiger partial charge in [0.25, 0.3) is 0 Å². The van der Waals surface area contributed by atoms with Crippen LogP contribution in [0.15, 0.2) is 24.3 Å². The molecule has 2 fully saturated rings. The molecule has 1 aromatic carbocycles. The van der Waals surface area contributed by atoms with Crippen LogP contribution in [0.5, 0.6) is 5.75 Å². The highest BCUT2D eigenvalue weighted by atomic mass is 16.3. The highest BCUT2D eigenvalue weighted by molar-refractivity contribution is 5.28. The van der Waals surface area contributed by atoms with Crippen LogP contribution < -0.4 is 0 Å². The van der Waals surface area contributed by atoms with Crippen molar-refractivity contribution >= 4 is 0 Å². The lowest BCUT2D eigenvalue weighted by Crippen LogP contribution is -2.54. The predicted octanol–water partition coefficient (Wildman–Crippen LogP) is 2.70. The number of nitrogens with zero attached hydrogens (tertiary/aromatic N) is 1. The Morgan fingerprint density at radius 1 is 1.10 bits per heavy atom. The number of benzene rings is 1. The number of aromatic hydroxyl groups is 1. The summed E-state index contributed by atoms with van der Waals surface area (Å²) >= 11 is 0. The standard InChI is InChI=1S/C17H25NO2/c19-15-7-5-6-14(12-15)13-16(20)17(8-1-2-9-17)18-10-3-4-11-18/h5-7,12,16,19-20H,1-4,8-11,13H2. The minimum Gasteiger partial charge on any atom is -0.508 e. The summed E-state index contributed by atoms with van der Waals surface area (Å²) in [5, 5.41) is 20.5. The second-order valence-corrected chi connectivity index (χ2v) is 6.39. The fourth-order valence-electron chi connectivity index (χ4n) is 4.11. The van der Waals surface area contributed by atoms with Crippen LogP contribution in [0.4, 0.5) is 0 Å². The summed E-state index contributed by atoms with van der Waals surface area (Å²) in [6, 6.07) is 7.31. The Morgan fingerprint density at radius 3 is 2.45 bits per heavy atom. The van der Waals surface area contributed by atoms with Gasteiger partial charge in [-0.3, -0.25) is 4.90 Å². The molecule has 1 aliphatic heterocycles. The fraction of sp³-hybridized carbons (Fsp3) is 0.647. The largest absolute Gasteiger partial charge is 0.508 e. The zero-order valence-electron chi connectivity index (χ0n) is 12.1. The summed E-state index contributed by atoms with van der Waals surface area (Å²) in [7, 11) is 0. The zero-order chi connectivity index (χ0) is 14.0. The van der Waals surface area contributed by atoms with E-state index in [1.807, 2.05) is 12.1 Å². The van der Waals surface area contributed by atoms with E-state index in [0.717, 1.165) is 31.5 Å². The third kappa shape index (κ3) is 2.57. The van der Waals surface area contributed by atoms with E-state index in [2.05, 4.69) is 4.90 Å². The van der Waals surface area contributed by atoms with Gasteiger partial charge in [-0.1, -0.05) is 25.0 Å². The average molecular weight is 275 g/mol. The van der Waals surface area contributed by atoms with Crippen molar-refractivity contribution in [1.82, 2.24) is 4.90 Å². The van der Waals surface area contributed by atoms with Crippen LogP contribution in [-0.2, 0) is 6.42 Å². The van der Waals surface area contributed by atoms with E-state index >= 15 is 0 Å². The first-order chi connectivity index (χ1) is 9.71. The van der Waals surface area contributed by atoms with E-state index in [1.54, 1.807) is 12.1 Å². The van der Waals surface area contributed by atoms with E-state index in [1.165, 1.54) is 25.7 Å². The average Bonchev–Trinajstić information content (AvgIpc) is 3.11. The van der Waals surface area contributed by atoms with Crippen LogP contribution in [0.3, 0.4) is 0 Å². The third-order valence-corrected chi connectivity index (χ3v) is 5.17. The van der Waals surface area contributed by atoms with E-state index in [-0.39, 0.29) is 17.4 Å². The number of phenolic OH excluding ortho intramolecular Hbond substituents is 1. The van der Waals surface area contributed by atoms with Gasteiger partial charge in [-0.05, 0) is 56.5 Å². The Hall–Kier alpha value is -1.06. The van der Waals surface area contributed by atoms with Crippen LogP contribution in [0.1, 0.15) is 44.1 Å². The molecule has 0 spiro atoms. The maximum absolute atomic E-state index is 10.9. The highest BCUT2D eigenvalue weighted by Crippen LogP contribution is 2.41. The Balaban J connectivity index is 1.77. The number of aliphatic hydroxyl groups is 1. The summed E-state index contributed by atoms with van der Waals surface area (Å²) in [6.07, 6.45) is 7.54. The molecule has 3 rings (SSSR count). The van der Waals surface area contributed by atoms with Crippen LogP contribution in [0, 0.1) is 0 Å². The molecule has 110 valence electrons. The predicted molar refractivity (Wildman–Crippen MR) is 79.8 cm³/mol. The van der Waals surface area contributed by atoms with Crippen LogP contribution in [0.2, 0.25) is 0 Å². The van der Waals surface area contributed by atoms with Gasteiger partial charge in [0.1, 0.15) is 5.75 Å². The van der Waals surface area contributed by atoms with Gasteiger partial charge in [0.2, 0.25) is 0 Å². The van der Waals surface area contributed by atoms with Gasteiger partial charge in [0.15, 0.2) is 0 Å². The Bertz CT molecular complexity index is 448. The molecule has 3 heteroatoms.